The number of hydrogen-bond donors (Lipinski definition) is 1. The summed E-state index contributed by atoms with van der Waals surface area (Å²) >= 11 is 0. The molecule has 4 nitrogen and oxygen atoms in total. The van der Waals surface area contributed by atoms with Crippen LogP contribution in [0, 0.1) is 0 Å². The highest BCUT2D eigenvalue weighted by molar-refractivity contribution is 5.97. The van der Waals surface area contributed by atoms with Crippen LogP contribution in [-0.2, 0) is 22.1 Å². The van der Waals surface area contributed by atoms with Gasteiger partial charge in [-0.2, -0.15) is 13.2 Å². The summed E-state index contributed by atoms with van der Waals surface area (Å²) in [4.78, 5) is 24.1. The Morgan fingerprint density at radius 2 is 1.62 bits per heavy atom. The molecule has 0 fully saturated rings. The molecule has 1 atom stereocenters. The number of benzene rings is 2. The highest BCUT2D eigenvalue weighted by Crippen LogP contribution is 2.29. The maximum Gasteiger partial charge on any atom is 0.416 e. The number of nitrogens with one attached hydrogen (secondary N) is 1. The second kappa shape index (κ2) is 8.03. The highest BCUT2D eigenvalue weighted by Gasteiger charge is 2.30. The molecule has 138 valence electrons. The van der Waals surface area contributed by atoms with E-state index in [1.54, 1.807) is 12.1 Å². The number of rotatable bonds is 5. The highest BCUT2D eigenvalue weighted by atomic mass is 19.4. The first kappa shape index (κ1) is 19.5. The summed E-state index contributed by atoms with van der Waals surface area (Å²) in [6.07, 6.45) is -4.71. The van der Waals surface area contributed by atoms with Crippen LogP contribution in [0.4, 0.5) is 18.9 Å². The molecule has 0 saturated carbocycles. The summed E-state index contributed by atoms with van der Waals surface area (Å²) in [6.45, 7) is 3.40. The van der Waals surface area contributed by atoms with Crippen LogP contribution < -0.4 is 5.32 Å². The minimum atomic E-state index is -4.48. The molecule has 0 aliphatic rings. The maximum absolute atomic E-state index is 12.5. The number of halogens is 3. The molecule has 0 aliphatic heterocycles. The van der Waals surface area contributed by atoms with E-state index in [2.05, 4.69) is 5.32 Å². The lowest BCUT2D eigenvalue weighted by Gasteiger charge is -2.14. The van der Waals surface area contributed by atoms with Gasteiger partial charge in [-0.3, -0.25) is 4.79 Å². The molecular formula is C19H18F3NO3. The van der Waals surface area contributed by atoms with Crippen LogP contribution in [0.2, 0.25) is 0 Å². The van der Waals surface area contributed by atoms with Crippen molar-refractivity contribution >= 4 is 17.6 Å². The van der Waals surface area contributed by atoms with E-state index in [1.807, 2.05) is 19.1 Å². The first-order valence-electron chi connectivity index (χ1n) is 7.98. The summed E-state index contributed by atoms with van der Waals surface area (Å²) in [5, 5.41) is 2.61. The molecule has 0 saturated heterocycles. The Morgan fingerprint density at radius 3 is 2.12 bits per heavy atom. The number of carbonyl (C=O) groups is 2. The van der Waals surface area contributed by atoms with E-state index in [0.29, 0.717) is 5.69 Å². The van der Waals surface area contributed by atoms with Crippen LogP contribution in [0.15, 0.2) is 48.5 Å². The van der Waals surface area contributed by atoms with Crippen molar-refractivity contribution in [2.45, 2.75) is 32.5 Å². The third-order valence-corrected chi connectivity index (χ3v) is 3.73. The summed E-state index contributed by atoms with van der Waals surface area (Å²) < 4.78 is 42.6. The standard InChI is InChI=1S/C19H18F3NO3/c1-3-13-4-10-16(11-5-13)23-17(24)12(2)26-18(25)14-6-8-15(9-7-14)19(20,21)22/h4-12H,3H2,1-2H3,(H,23,24)/t12-/m0/s1. The molecule has 0 aromatic heterocycles. The summed E-state index contributed by atoms with van der Waals surface area (Å²) in [5.41, 5.74) is 0.745. The second-order valence-corrected chi connectivity index (χ2v) is 5.66. The van der Waals surface area contributed by atoms with E-state index in [0.717, 1.165) is 36.2 Å². The molecular weight excluding hydrogens is 347 g/mol. The Kier molecular flexibility index (Phi) is 6.02. The minimum absolute atomic E-state index is 0.0649. The largest absolute Gasteiger partial charge is 0.449 e. The van der Waals surface area contributed by atoms with Crippen LogP contribution in [0.5, 0.6) is 0 Å². The van der Waals surface area contributed by atoms with Gasteiger partial charge in [-0.1, -0.05) is 19.1 Å². The molecule has 0 unspecified atom stereocenters. The first-order valence-corrected chi connectivity index (χ1v) is 7.98. The Labute approximate surface area is 149 Å². The van der Waals surface area contributed by atoms with Gasteiger partial charge < -0.3 is 10.1 Å². The molecule has 1 amide bonds. The van der Waals surface area contributed by atoms with Gasteiger partial charge >= 0.3 is 12.1 Å². The lowest BCUT2D eigenvalue weighted by molar-refractivity contribution is -0.137. The van der Waals surface area contributed by atoms with Gasteiger partial charge in [0.25, 0.3) is 5.91 Å². The lowest BCUT2D eigenvalue weighted by Crippen LogP contribution is -2.30. The SMILES string of the molecule is CCc1ccc(NC(=O)[C@H](C)OC(=O)c2ccc(C(F)(F)F)cc2)cc1. The van der Waals surface area contributed by atoms with Gasteiger partial charge in [0.2, 0.25) is 0 Å². The third kappa shape index (κ3) is 5.08. The van der Waals surface area contributed by atoms with E-state index in [4.69, 9.17) is 4.74 Å². The molecule has 0 aliphatic carbocycles. The van der Waals surface area contributed by atoms with Crippen molar-refractivity contribution in [2.75, 3.05) is 5.32 Å². The molecule has 26 heavy (non-hydrogen) atoms. The van der Waals surface area contributed by atoms with E-state index < -0.39 is 29.7 Å². The average molecular weight is 365 g/mol. The topological polar surface area (TPSA) is 55.4 Å². The average Bonchev–Trinajstić information content (AvgIpc) is 2.61. The van der Waals surface area contributed by atoms with Crippen molar-refractivity contribution in [3.05, 3.63) is 65.2 Å². The Bertz CT molecular complexity index is 768. The maximum atomic E-state index is 12.5. The van der Waals surface area contributed by atoms with Crippen molar-refractivity contribution < 1.29 is 27.5 Å². The van der Waals surface area contributed by atoms with Gasteiger partial charge in [0, 0.05) is 5.69 Å². The minimum Gasteiger partial charge on any atom is -0.449 e. The summed E-state index contributed by atoms with van der Waals surface area (Å²) in [6, 6.07) is 10.8. The summed E-state index contributed by atoms with van der Waals surface area (Å²) in [5.74, 6) is -1.41. The van der Waals surface area contributed by atoms with E-state index >= 15 is 0 Å². The molecule has 1 N–H and O–H groups in total. The predicted molar refractivity (Wildman–Crippen MR) is 90.8 cm³/mol. The predicted octanol–water partition coefficient (Wildman–Crippen LogP) is 4.45. The fourth-order valence-corrected chi connectivity index (χ4v) is 2.15. The zero-order chi connectivity index (χ0) is 19.3. The Hall–Kier alpha value is -2.83. The fourth-order valence-electron chi connectivity index (χ4n) is 2.15. The lowest BCUT2D eigenvalue weighted by atomic mass is 10.1. The Morgan fingerprint density at radius 1 is 1.04 bits per heavy atom. The van der Waals surface area contributed by atoms with Gasteiger partial charge in [0.1, 0.15) is 0 Å². The smallest absolute Gasteiger partial charge is 0.416 e. The van der Waals surface area contributed by atoms with Crippen LogP contribution in [0.25, 0.3) is 0 Å². The number of hydrogen-bond acceptors (Lipinski definition) is 3. The van der Waals surface area contributed by atoms with Gasteiger partial charge in [0.05, 0.1) is 11.1 Å². The molecule has 0 heterocycles. The van der Waals surface area contributed by atoms with Crippen molar-refractivity contribution in [3.63, 3.8) is 0 Å². The molecule has 2 aromatic carbocycles. The molecule has 0 bridgehead atoms. The molecule has 7 heteroatoms. The number of aryl methyl sites for hydroxylation is 1. The van der Waals surface area contributed by atoms with Crippen LogP contribution in [-0.4, -0.2) is 18.0 Å². The monoisotopic (exact) mass is 365 g/mol. The number of carbonyl (C=O) groups excluding carboxylic acids is 2. The Balaban J connectivity index is 1.95. The van der Waals surface area contributed by atoms with Crippen LogP contribution in [0.1, 0.15) is 35.3 Å². The number of alkyl halides is 3. The van der Waals surface area contributed by atoms with Crippen LogP contribution in [0.3, 0.4) is 0 Å². The van der Waals surface area contributed by atoms with E-state index in [-0.39, 0.29) is 5.56 Å². The fraction of sp³-hybridized carbons (Fsp3) is 0.263. The van der Waals surface area contributed by atoms with Gasteiger partial charge in [-0.15, -0.1) is 0 Å². The number of ether oxygens (including phenoxy) is 1. The van der Waals surface area contributed by atoms with Gasteiger partial charge in [0.15, 0.2) is 6.10 Å². The van der Waals surface area contributed by atoms with E-state index in [1.165, 1.54) is 6.92 Å². The van der Waals surface area contributed by atoms with Gasteiger partial charge in [-0.05, 0) is 55.3 Å². The molecule has 0 radical (unpaired) electrons. The zero-order valence-corrected chi connectivity index (χ0v) is 14.3. The van der Waals surface area contributed by atoms with Crippen LogP contribution >= 0.6 is 0 Å². The third-order valence-electron chi connectivity index (χ3n) is 3.73. The number of anilines is 1. The quantitative estimate of drug-likeness (QED) is 0.797. The second-order valence-electron chi connectivity index (χ2n) is 5.66. The molecule has 0 spiro atoms. The van der Waals surface area contributed by atoms with Crippen molar-refractivity contribution in [2.24, 2.45) is 0 Å². The summed E-state index contributed by atoms with van der Waals surface area (Å²) in [7, 11) is 0. The van der Waals surface area contributed by atoms with Crippen molar-refractivity contribution in [1.29, 1.82) is 0 Å². The number of amides is 1. The number of esters is 1. The molecule has 2 aromatic rings. The zero-order valence-electron chi connectivity index (χ0n) is 14.3. The van der Waals surface area contributed by atoms with Crippen molar-refractivity contribution in [3.8, 4) is 0 Å². The van der Waals surface area contributed by atoms with Gasteiger partial charge in [-0.25, -0.2) is 4.79 Å². The van der Waals surface area contributed by atoms with Crippen molar-refractivity contribution in [1.82, 2.24) is 0 Å². The first-order chi connectivity index (χ1) is 12.2. The molecule has 2 rings (SSSR count). The van der Waals surface area contributed by atoms with E-state index in [9.17, 15) is 22.8 Å². The normalized spacial score (nSPS) is 12.3.